The van der Waals surface area contributed by atoms with Crippen LogP contribution in [0.3, 0.4) is 0 Å². The average Bonchev–Trinajstić information content (AvgIpc) is 3.92. The van der Waals surface area contributed by atoms with Gasteiger partial charge in [-0.05, 0) is 112 Å². The van der Waals surface area contributed by atoms with E-state index in [9.17, 15) is 0 Å². The van der Waals surface area contributed by atoms with Gasteiger partial charge in [0.15, 0.2) is 0 Å². The molecule has 0 saturated heterocycles. The minimum absolute atomic E-state index is 0.0966. The molecule has 0 amide bonds. The van der Waals surface area contributed by atoms with Crippen LogP contribution in [0.5, 0.6) is 0 Å². The van der Waals surface area contributed by atoms with Gasteiger partial charge in [-0.3, -0.25) is 0 Å². The van der Waals surface area contributed by atoms with Crippen molar-refractivity contribution in [2.45, 2.75) is 19.3 Å². The van der Waals surface area contributed by atoms with Crippen LogP contribution in [0.15, 0.2) is 211 Å². The van der Waals surface area contributed by atoms with Crippen molar-refractivity contribution in [1.29, 1.82) is 0 Å². The van der Waals surface area contributed by atoms with Gasteiger partial charge in [-0.25, -0.2) is 0 Å². The lowest BCUT2D eigenvalue weighted by atomic mass is 9.82. The smallest absolute Gasteiger partial charge is 0.143 e. The van der Waals surface area contributed by atoms with Crippen LogP contribution in [0.4, 0.5) is 17.1 Å². The second-order valence-corrected chi connectivity index (χ2v) is 16.5. The molecule has 0 atom stereocenters. The second-order valence-electron chi connectivity index (χ2n) is 16.5. The van der Waals surface area contributed by atoms with E-state index >= 15 is 0 Å². The van der Waals surface area contributed by atoms with E-state index in [1.54, 1.807) is 0 Å². The molecule has 1 aliphatic carbocycles. The maximum Gasteiger partial charge on any atom is 0.143 e. The molecule has 12 rings (SSSR count). The Bertz CT molecular complexity index is 3390. The minimum atomic E-state index is -0.0966. The summed E-state index contributed by atoms with van der Waals surface area (Å²) >= 11 is 0. The molecule has 60 heavy (non-hydrogen) atoms. The summed E-state index contributed by atoms with van der Waals surface area (Å²) in [6.07, 6.45) is 0. The lowest BCUT2D eigenvalue weighted by molar-refractivity contribution is 0.648. The fourth-order valence-corrected chi connectivity index (χ4v) is 9.86. The molecule has 284 valence electrons. The van der Waals surface area contributed by atoms with Gasteiger partial charge in [0, 0.05) is 55.3 Å². The number of anilines is 3. The van der Waals surface area contributed by atoms with E-state index in [0.717, 1.165) is 55.8 Å². The highest BCUT2D eigenvalue weighted by Crippen LogP contribution is 2.51. The molecule has 0 unspecified atom stereocenters. The van der Waals surface area contributed by atoms with E-state index in [0.29, 0.717) is 0 Å². The number of rotatable bonds is 6. The summed E-state index contributed by atoms with van der Waals surface area (Å²) in [5.74, 6) is 0. The number of para-hydroxylation sites is 3. The molecule has 9 aromatic carbocycles. The Labute approximate surface area is 349 Å². The van der Waals surface area contributed by atoms with Crippen molar-refractivity contribution in [1.82, 2.24) is 4.57 Å². The molecule has 0 aliphatic heterocycles. The van der Waals surface area contributed by atoms with E-state index < -0.39 is 0 Å². The number of aromatic nitrogens is 1. The molecule has 11 aromatic rings. The Balaban J connectivity index is 0.987. The summed E-state index contributed by atoms with van der Waals surface area (Å²) in [6.45, 7) is 4.64. The van der Waals surface area contributed by atoms with E-state index in [2.05, 4.69) is 230 Å². The first-order valence-corrected chi connectivity index (χ1v) is 20.8. The third kappa shape index (κ3) is 5.22. The summed E-state index contributed by atoms with van der Waals surface area (Å²) in [6, 6.07) is 74.7. The second kappa shape index (κ2) is 13.2. The molecule has 3 heteroatoms. The van der Waals surface area contributed by atoms with Gasteiger partial charge in [-0.2, -0.15) is 0 Å². The lowest BCUT2D eigenvalue weighted by Crippen LogP contribution is -2.14. The van der Waals surface area contributed by atoms with E-state index in [1.807, 2.05) is 0 Å². The Hall–Kier alpha value is -7.62. The van der Waals surface area contributed by atoms with Crippen LogP contribution in [0.25, 0.3) is 82.8 Å². The zero-order valence-electron chi connectivity index (χ0n) is 33.4. The number of hydrogen-bond acceptors (Lipinski definition) is 2. The molecule has 0 bridgehead atoms. The largest absolute Gasteiger partial charge is 0.455 e. The van der Waals surface area contributed by atoms with Crippen molar-refractivity contribution < 1.29 is 4.42 Å². The van der Waals surface area contributed by atoms with Gasteiger partial charge in [0.2, 0.25) is 0 Å². The molecule has 0 N–H and O–H groups in total. The van der Waals surface area contributed by atoms with Gasteiger partial charge in [0.1, 0.15) is 11.2 Å². The molecular formula is C57H40N2O. The fourth-order valence-electron chi connectivity index (χ4n) is 9.86. The van der Waals surface area contributed by atoms with Crippen molar-refractivity contribution in [2.24, 2.45) is 0 Å². The molecule has 1 aliphatic rings. The van der Waals surface area contributed by atoms with Crippen LogP contribution in [-0.2, 0) is 5.41 Å². The number of furan rings is 1. The molecule has 0 radical (unpaired) electrons. The van der Waals surface area contributed by atoms with Gasteiger partial charge >= 0.3 is 0 Å². The van der Waals surface area contributed by atoms with Crippen LogP contribution in [-0.4, -0.2) is 4.57 Å². The van der Waals surface area contributed by atoms with Gasteiger partial charge in [-0.15, -0.1) is 0 Å². The summed E-state index contributed by atoms with van der Waals surface area (Å²) in [5, 5.41) is 4.79. The highest BCUT2D eigenvalue weighted by molar-refractivity contribution is 6.12. The van der Waals surface area contributed by atoms with Gasteiger partial charge in [0.25, 0.3) is 0 Å². The van der Waals surface area contributed by atoms with Crippen molar-refractivity contribution >= 4 is 60.8 Å². The first-order valence-electron chi connectivity index (χ1n) is 20.8. The third-order valence-corrected chi connectivity index (χ3v) is 12.8. The van der Waals surface area contributed by atoms with Crippen molar-refractivity contribution in [3.05, 3.63) is 217 Å². The molecule has 2 heterocycles. The molecule has 2 aromatic heterocycles. The maximum absolute atomic E-state index is 6.87. The maximum atomic E-state index is 6.87. The highest BCUT2D eigenvalue weighted by Gasteiger charge is 2.36. The molecule has 0 spiro atoms. The van der Waals surface area contributed by atoms with Crippen LogP contribution in [0.1, 0.15) is 25.0 Å². The number of fused-ring (bicyclic) bond motifs is 9. The molecule has 0 saturated carbocycles. The first-order chi connectivity index (χ1) is 29.5. The average molecular weight is 769 g/mol. The van der Waals surface area contributed by atoms with Gasteiger partial charge in [0.05, 0.1) is 11.0 Å². The Morgan fingerprint density at radius 2 is 0.983 bits per heavy atom. The summed E-state index contributed by atoms with van der Waals surface area (Å²) in [5.41, 5.74) is 18.3. The number of benzene rings is 9. The molecular weight excluding hydrogens is 729 g/mol. The standard InChI is InChI=1S/C57H40N2O/c1-57(2)51-23-9-6-18-45(51)49-35-50-48-22-13-21-44(56(48)60-55(50)36-52(49)57)39-16-12-17-43(34-39)58(40-28-26-38(27-29-40)37-14-4-3-5-15-37)41-30-32-42(33-31-41)59-53-24-10-7-19-46(53)47-20-8-11-25-54(47)59/h3-36H,1-2H3. The zero-order valence-corrected chi connectivity index (χ0v) is 33.4. The summed E-state index contributed by atoms with van der Waals surface area (Å²) in [4.78, 5) is 2.36. The predicted octanol–water partition coefficient (Wildman–Crippen LogP) is 15.8. The van der Waals surface area contributed by atoms with Crippen molar-refractivity contribution in [3.63, 3.8) is 0 Å². The third-order valence-electron chi connectivity index (χ3n) is 12.8. The normalized spacial score (nSPS) is 13.0. The zero-order chi connectivity index (χ0) is 40.0. The SMILES string of the molecule is CC1(C)c2ccccc2-c2cc3c(cc21)oc1c(-c2cccc(N(c4ccc(-c5ccccc5)cc4)c4ccc(-n5c6ccccc6c6ccccc65)cc4)c2)cccc13. The molecule has 0 fully saturated rings. The number of nitrogens with zero attached hydrogens (tertiary/aromatic N) is 2. The Morgan fingerprint density at radius 1 is 0.400 bits per heavy atom. The van der Waals surface area contributed by atoms with Crippen LogP contribution >= 0.6 is 0 Å². The first kappa shape index (κ1) is 34.4. The monoisotopic (exact) mass is 768 g/mol. The highest BCUT2D eigenvalue weighted by atomic mass is 16.3. The molecule has 3 nitrogen and oxygen atoms in total. The predicted molar refractivity (Wildman–Crippen MR) is 251 cm³/mol. The van der Waals surface area contributed by atoms with Crippen molar-refractivity contribution in [3.8, 4) is 39.1 Å². The van der Waals surface area contributed by atoms with Gasteiger partial charge in [-0.1, -0.05) is 147 Å². The van der Waals surface area contributed by atoms with E-state index in [4.69, 9.17) is 4.42 Å². The minimum Gasteiger partial charge on any atom is -0.455 e. The Kier molecular flexibility index (Phi) is 7.58. The van der Waals surface area contributed by atoms with Crippen LogP contribution in [0.2, 0.25) is 0 Å². The Morgan fingerprint density at radius 3 is 1.73 bits per heavy atom. The summed E-state index contributed by atoms with van der Waals surface area (Å²) in [7, 11) is 0. The fraction of sp³-hybridized carbons (Fsp3) is 0.0526. The quantitative estimate of drug-likeness (QED) is 0.168. The van der Waals surface area contributed by atoms with E-state index in [1.165, 1.54) is 55.2 Å². The van der Waals surface area contributed by atoms with Gasteiger partial charge < -0.3 is 13.9 Å². The lowest BCUT2D eigenvalue weighted by Gasteiger charge is -2.26. The van der Waals surface area contributed by atoms with Crippen LogP contribution < -0.4 is 4.90 Å². The number of hydrogen-bond donors (Lipinski definition) is 0. The summed E-state index contributed by atoms with van der Waals surface area (Å²) < 4.78 is 9.25. The van der Waals surface area contributed by atoms with E-state index in [-0.39, 0.29) is 5.41 Å². The topological polar surface area (TPSA) is 21.3 Å². The van der Waals surface area contributed by atoms with Crippen molar-refractivity contribution in [2.75, 3.05) is 4.90 Å². The van der Waals surface area contributed by atoms with Crippen LogP contribution in [0, 0.1) is 0 Å².